The monoisotopic (exact) mass is 337 g/mol. The molecule has 1 N–H and O–H groups in total. The summed E-state index contributed by atoms with van der Waals surface area (Å²) in [5, 5.41) is -0.449. The van der Waals surface area contributed by atoms with Crippen LogP contribution in [0.15, 0.2) is 22.7 Å². The molecule has 18 heavy (non-hydrogen) atoms. The molecule has 1 aromatic rings. The number of hydrogen-bond donors (Lipinski definition) is 1. The lowest BCUT2D eigenvalue weighted by Gasteiger charge is -2.22. The molecule has 1 aliphatic heterocycles. The van der Waals surface area contributed by atoms with E-state index < -0.39 is 21.1 Å². The van der Waals surface area contributed by atoms with Gasteiger partial charge in [-0.2, -0.15) is 0 Å². The zero-order valence-electron chi connectivity index (χ0n) is 9.53. The number of sulfonamides is 1. The van der Waals surface area contributed by atoms with Gasteiger partial charge in [0.25, 0.3) is 0 Å². The van der Waals surface area contributed by atoms with E-state index in [-0.39, 0.29) is 4.47 Å². The summed E-state index contributed by atoms with van der Waals surface area (Å²) in [4.78, 5) is 0. The number of benzene rings is 1. The van der Waals surface area contributed by atoms with Gasteiger partial charge in [-0.25, -0.2) is 12.8 Å². The van der Waals surface area contributed by atoms with Gasteiger partial charge in [-0.15, -0.1) is 0 Å². The van der Waals surface area contributed by atoms with Crippen LogP contribution in [0.25, 0.3) is 0 Å². The van der Waals surface area contributed by atoms with E-state index in [1.165, 1.54) is 18.2 Å². The van der Waals surface area contributed by atoms with E-state index in [2.05, 4.69) is 20.7 Å². The smallest absolute Gasteiger partial charge is 0.235 e. The lowest BCUT2D eigenvalue weighted by molar-refractivity contribution is 0.0984. The zero-order valence-corrected chi connectivity index (χ0v) is 11.9. The molecular formula is C11H13BrFNO3S. The van der Waals surface area contributed by atoms with Crippen LogP contribution in [-0.4, -0.2) is 26.9 Å². The van der Waals surface area contributed by atoms with Crippen molar-refractivity contribution in [2.75, 3.05) is 17.9 Å². The largest absolute Gasteiger partial charge is 0.381 e. The third kappa shape index (κ3) is 3.21. The highest BCUT2D eigenvalue weighted by Gasteiger charge is 2.27. The summed E-state index contributed by atoms with van der Waals surface area (Å²) in [6.07, 6.45) is 0.968. The zero-order chi connectivity index (χ0) is 13.2. The van der Waals surface area contributed by atoms with E-state index >= 15 is 0 Å². The number of hydrogen-bond acceptors (Lipinski definition) is 3. The molecule has 100 valence electrons. The normalized spacial score (nSPS) is 17.7. The molecule has 1 fully saturated rings. The Morgan fingerprint density at radius 2 is 2.00 bits per heavy atom. The molecular weight excluding hydrogens is 325 g/mol. The molecule has 1 saturated heterocycles. The van der Waals surface area contributed by atoms with Crippen molar-refractivity contribution in [2.24, 2.45) is 0 Å². The summed E-state index contributed by atoms with van der Waals surface area (Å²) in [5.74, 6) is -0.427. The van der Waals surface area contributed by atoms with Gasteiger partial charge in [0.2, 0.25) is 10.0 Å². The Hall–Kier alpha value is -0.660. The highest BCUT2D eigenvalue weighted by atomic mass is 79.9. The summed E-state index contributed by atoms with van der Waals surface area (Å²) in [7, 11) is -3.44. The minimum Gasteiger partial charge on any atom is -0.381 e. The van der Waals surface area contributed by atoms with Crippen LogP contribution >= 0.6 is 15.9 Å². The van der Waals surface area contributed by atoms with Crippen LogP contribution in [0.4, 0.5) is 10.1 Å². The van der Waals surface area contributed by atoms with Crippen molar-refractivity contribution in [1.29, 1.82) is 0 Å². The summed E-state index contributed by atoms with van der Waals surface area (Å²) >= 11 is 3.02. The minimum atomic E-state index is -3.44. The van der Waals surface area contributed by atoms with Gasteiger partial charge >= 0.3 is 0 Å². The third-order valence-electron chi connectivity index (χ3n) is 2.79. The fourth-order valence-corrected chi connectivity index (χ4v) is 3.61. The van der Waals surface area contributed by atoms with Gasteiger partial charge < -0.3 is 4.74 Å². The molecule has 0 unspecified atom stereocenters. The summed E-state index contributed by atoms with van der Waals surface area (Å²) in [6, 6.07) is 4.02. The fraction of sp³-hybridized carbons (Fsp3) is 0.455. The molecule has 2 rings (SSSR count). The second-order valence-electron chi connectivity index (χ2n) is 4.09. The second kappa shape index (κ2) is 5.54. The number of rotatable bonds is 3. The van der Waals surface area contributed by atoms with Gasteiger partial charge in [0.1, 0.15) is 5.82 Å². The van der Waals surface area contributed by atoms with Gasteiger partial charge in [0.05, 0.1) is 9.72 Å². The van der Waals surface area contributed by atoms with Gasteiger partial charge in [-0.3, -0.25) is 4.72 Å². The van der Waals surface area contributed by atoms with Crippen LogP contribution in [0.1, 0.15) is 12.8 Å². The number of anilines is 1. The standard InChI is InChI=1S/C11H13BrFNO3S/c12-10-7-8(1-2-11(10)13)14-18(15,16)9-3-5-17-6-4-9/h1-2,7,9,14H,3-6H2. The van der Waals surface area contributed by atoms with Crippen LogP contribution in [0, 0.1) is 5.82 Å². The minimum absolute atomic E-state index is 0.231. The molecule has 0 amide bonds. The Labute approximate surface area is 114 Å². The van der Waals surface area contributed by atoms with Crippen LogP contribution in [0.5, 0.6) is 0 Å². The molecule has 1 aliphatic rings. The average molecular weight is 338 g/mol. The summed E-state index contributed by atoms with van der Waals surface area (Å²) in [6.45, 7) is 0.914. The highest BCUT2D eigenvalue weighted by molar-refractivity contribution is 9.10. The fourth-order valence-electron chi connectivity index (χ4n) is 1.79. The lowest BCUT2D eigenvalue weighted by atomic mass is 10.2. The number of ether oxygens (including phenoxy) is 1. The highest BCUT2D eigenvalue weighted by Crippen LogP contribution is 2.23. The van der Waals surface area contributed by atoms with Crippen molar-refractivity contribution in [1.82, 2.24) is 0 Å². The van der Waals surface area contributed by atoms with Crippen molar-refractivity contribution in [2.45, 2.75) is 18.1 Å². The van der Waals surface area contributed by atoms with E-state index in [0.717, 1.165) is 0 Å². The molecule has 7 heteroatoms. The molecule has 1 aromatic carbocycles. The molecule has 0 aliphatic carbocycles. The Kier molecular flexibility index (Phi) is 4.24. The van der Waals surface area contributed by atoms with Crippen LogP contribution in [0.3, 0.4) is 0 Å². The predicted molar refractivity (Wildman–Crippen MR) is 70.5 cm³/mol. The first-order chi connectivity index (χ1) is 8.49. The Morgan fingerprint density at radius 1 is 1.33 bits per heavy atom. The summed E-state index contributed by atoms with van der Waals surface area (Å²) in [5.41, 5.74) is 0.356. The quantitative estimate of drug-likeness (QED) is 0.921. The van der Waals surface area contributed by atoms with E-state index in [1.807, 2.05) is 0 Å². The van der Waals surface area contributed by atoms with Crippen molar-refractivity contribution < 1.29 is 17.5 Å². The first-order valence-corrected chi connectivity index (χ1v) is 7.87. The van der Waals surface area contributed by atoms with Crippen LogP contribution < -0.4 is 4.72 Å². The maximum atomic E-state index is 13.0. The van der Waals surface area contributed by atoms with Gasteiger partial charge in [0.15, 0.2) is 0 Å². The van der Waals surface area contributed by atoms with Crippen molar-refractivity contribution in [3.8, 4) is 0 Å². The van der Waals surface area contributed by atoms with E-state index in [4.69, 9.17) is 4.74 Å². The molecule has 0 bridgehead atoms. The van der Waals surface area contributed by atoms with Crippen molar-refractivity contribution in [3.63, 3.8) is 0 Å². The van der Waals surface area contributed by atoms with Gasteiger partial charge in [-0.05, 0) is 47.0 Å². The Bertz CT molecular complexity index is 529. The second-order valence-corrected chi connectivity index (χ2v) is 6.90. The van der Waals surface area contributed by atoms with Gasteiger partial charge in [0, 0.05) is 18.9 Å². The predicted octanol–water partition coefficient (Wildman–Crippen LogP) is 2.51. The topological polar surface area (TPSA) is 55.4 Å². The first kappa shape index (κ1) is 13.8. The Balaban J connectivity index is 2.13. The summed E-state index contributed by atoms with van der Waals surface area (Å²) < 4.78 is 45.0. The van der Waals surface area contributed by atoms with Crippen LogP contribution in [-0.2, 0) is 14.8 Å². The molecule has 0 spiro atoms. The maximum absolute atomic E-state index is 13.0. The third-order valence-corrected chi connectivity index (χ3v) is 5.26. The molecule has 1 heterocycles. The molecule has 0 radical (unpaired) electrons. The first-order valence-electron chi connectivity index (χ1n) is 5.53. The molecule has 0 aromatic heterocycles. The molecule has 4 nitrogen and oxygen atoms in total. The lowest BCUT2D eigenvalue weighted by Crippen LogP contribution is -2.33. The van der Waals surface area contributed by atoms with Crippen LogP contribution in [0.2, 0.25) is 0 Å². The van der Waals surface area contributed by atoms with Crippen molar-refractivity contribution in [3.05, 3.63) is 28.5 Å². The number of nitrogens with one attached hydrogen (secondary N) is 1. The molecule has 0 atom stereocenters. The number of halogens is 2. The average Bonchev–Trinajstić information content (AvgIpc) is 2.35. The maximum Gasteiger partial charge on any atom is 0.235 e. The molecule has 0 saturated carbocycles. The van der Waals surface area contributed by atoms with Gasteiger partial charge in [-0.1, -0.05) is 0 Å². The Morgan fingerprint density at radius 3 is 2.61 bits per heavy atom. The van der Waals surface area contributed by atoms with E-state index in [1.54, 1.807) is 0 Å². The SMILES string of the molecule is O=S(=O)(Nc1ccc(F)c(Br)c1)C1CCOCC1. The van der Waals surface area contributed by atoms with Crippen molar-refractivity contribution >= 4 is 31.6 Å². The van der Waals surface area contributed by atoms with E-state index in [9.17, 15) is 12.8 Å². The van der Waals surface area contributed by atoms with E-state index in [0.29, 0.717) is 31.7 Å².